The van der Waals surface area contributed by atoms with Crippen molar-refractivity contribution in [3.63, 3.8) is 0 Å². The predicted molar refractivity (Wildman–Crippen MR) is 136 cm³/mol. The van der Waals surface area contributed by atoms with E-state index < -0.39 is 5.56 Å². The van der Waals surface area contributed by atoms with Crippen LogP contribution in [0.2, 0.25) is 0 Å². The Morgan fingerprint density at radius 3 is 2.56 bits per heavy atom. The van der Waals surface area contributed by atoms with E-state index in [1.165, 1.54) is 13.3 Å². The van der Waals surface area contributed by atoms with Gasteiger partial charge in [-0.25, -0.2) is 9.55 Å². The van der Waals surface area contributed by atoms with Gasteiger partial charge in [-0.1, -0.05) is 24.3 Å². The van der Waals surface area contributed by atoms with E-state index >= 15 is 0 Å². The summed E-state index contributed by atoms with van der Waals surface area (Å²) in [7, 11) is 1.52. The predicted octanol–water partition coefficient (Wildman–Crippen LogP) is 3.32. The number of pyridine rings is 2. The van der Waals surface area contributed by atoms with E-state index in [1.54, 1.807) is 71.8 Å². The lowest BCUT2D eigenvalue weighted by Gasteiger charge is -2.27. The second-order valence-corrected chi connectivity index (χ2v) is 8.16. The Morgan fingerprint density at radius 2 is 1.83 bits per heavy atom. The summed E-state index contributed by atoms with van der Waals surface area (Å²) in [5.41, 5.74) is 0.825. The quantitative estimate of drug-likeness (QED) is 0.436. The summed E-state index contributed by atoms with van der Waals surface area (Å²) in [4.78, 5) is 36.7. The molecule has 1 amide bonds. The summed E-state index contributed by atoms with van der Waals surface area (Å²) in [6.45, 7) is 2.06. The van der Waals surface area contributed by atoms with E-state index in [9.17, 15) is 14.7 Å². The number of carbonyl (C=O) groups is 1. The zero-order valence-corrected chi connectivity index (χ0v) is 19.6. The molecule has 5 rings (SSSR count). The van der Waals surface area contributed by atoms with Gasteiger partial charge in [0.05, 0.1) is 25.9 Å². The molecule has 3 heterocycles. The third-order valence-electron chi connectivity index (χ3n) is 6.04. The van der Waals surface area contributed by atoms with Crippen molar-refractivity contribution >= 4 is 28.6 Å². The Kier molecular flexibility index (Phi) is 6.46. The van der Waals surface area contributed by atoms with Gasteiger partial charge in [0.1, 0.15) is 17.3 Å². The topological polar surface area (TPSA) is 106 Å². The van der Waals surface area contributed by atoms with Gasteiger partial charge in [0.2, 0.25) is 5.88 Å². The van der Waals surface area contributed by atoms with Crippen LogP contribution in [0.15, 0.2) is 76.6 Å². The highest BCUT2D eigenvalue weighted by Crippen LogP contribution is 2.31. The number of hydrogen-bond donors (Lipinski definition) is 1. The van der Waals surface area contributed by atoms with Crippen molar-refractivity contribution in [3.05, 3.63) is 88.3 Å². The normalized spacial score (nSPS) is 13.9. The highest BCUT2D eigenvalue weighted by molar-refractivity contribution is 6.03. The Morgan fingerprint density at radius 1 is 1.08 bits per heavy atom. The lowest BCUT2D eigenvalue weighted by Crippen LogP contribution is -2.40. The van der Waals surface area contributed by atoms with Crippen molar-refractivity contribution in [1.82, 2.24) is 14.5 Å². The molecule has 0 atom stereocenters. The highest BCUT2D eigenvalue weighted by Gasteiger charge is 2.20. The zero-order chi connectivity index (χ0) is 25.1. The Bertz CT molecular complexity index is 1510. The number of methoxy groups -OCH3 is 1. The molecule has 1 saturated heterocycles. The molecule has 1 aliphatic rings. The molecule has 4 aromatic rings. The number of hydrogen-bond acceptors (Lipinski definition) is 7. The van der Waals surface area contributed by atoms with E-state index in [1.807, 2.05) is 0 Å². The molecule has 36 heavy (non-hydrogen) atoms. The van der Waals surface area contributed by atoms with Crippen molar-refractivity contribution in [2.45, 2.75) is 0 Å². The van der Waals surface area contributed by atoms with Gasteiger partial charge >= 0.3 is 0 Å². The number of aromatic hydroxyl groups is 1. The molecule has 0 bridgehead atoms. The van der Waals surface area contributed by atoms with Crippen LogP contribution in [0.4, 0.5) is 5.69 Å². The molecule has 2 aromatic heterocycles. The smallest absolute Gasteiger partial charge is 0.267 e. The van der Waals surface area contributed by atoms with Crippen molar-refractivity contribution in [3.8, 4) is 17.4 Å². The molecule has 182 valence electrons. The van der Waals surface area contributed by atoms with Gasteiger partial charge in [-0.2, -0.15) is 0 Å². The fourth-order valence-corrected chi connectivity index (χ4v) is 4.19. The van der Waals surface area contributed by atoms with E-state index in [0.29, 0.717) is 59.6 Å². The average Bonchev–Trinajstić information content (AvgIpc) is 2.93. The largest absolute Gasteiger partial charge is 0.494 e. The first-order valence-corrected chi connectivity index (χ1v) is 11.5. The third-order valence-corrected chi connectivity index (χ3v) is 6.04. The van der Waals surface area contributed by atoms with Crippen LogP contribution >= 0.6 is 0 Å². The van der Waals surface area contributed by atoms with Gasteiger partial charge in [-0.3, -0.25) is 14.6 Å². The Hall–Kier alpha value is -4.50. The number of morpholine rings is 1. The summed E-state index contributed by atoms with van der Waals surface area (Å²) in [5.74, 6) is 0.345. The minimum atomic E-state index is -0.394. The van der Waals surface area contributed by atoms with Crippen LogP contribution in [0.1, 0.15) is 15.9 Å². The molecule has 2 aromatic carbocycles. The second-order valence-electron chi connectivity index (χ2n) is 8.16. The number of rotatable bonds is 5. The van der Waals surface area contributed by atoms with Crippen molar-refractivity contribution in [2.75, 3.05) is 33.4 Å². The third kappa shape index (κ3) is 4.32. The summed E-state index contributed by atoms with van der Waals surface area (Å²) in [5, 5.41) is 12.1. The minimum absolute atomic E-state index is 0.116. The molecule has 9 heteroatoms. The van der Waals surface area contributed by atoms with Crippen LogP contribution in [0.25, 0.3) is 16.6 Å². The molecule has 0 saturated carbocycles. The SMILES string of the molecule is COc1ccc(C(=O)N2CCOCC2)cc1N=Cc1c(O)n(-c2ccccn2)c(=O)c2ccccc12. The molecule has 0 spiro atoms. The minimum Gasteiger partial charge on any atom is -0.494 e. The van der Waals surface area contributed by atoms with Crippen molar-refractivity contribution in [2.24, 2.45) is 4.99 Å². The number of amides is 1. The number of nitrogens with zero attached hydrogens (tertiary/aromatic N) is 4. The van der Waals surface area contributed by atoms with Crippen LogP contribution in [0.5, 0.6) is 11.6 Å². The molecular weight excluding hydrogens is 460 g/mol. The Labute approximate surface area is 206 Å². The maximum absolute atomic E-state index is 13.2. The van der Waals surface area contributed by atoms with E-state index in [-0.39, 0.29) is 17.6 Å². The molecule has 1 N–H and O–H groups in total. The fraction of sp³-hybridized carbons (Fsp3) is 0.185. The van der Waals surface area contributed by atoms with Gasteiger partial charge in [0.15, 0.2) is 0 Å². The van der Waals surface area contributed by atoms with Gasteiger partial charge in [0, 0.05) is 41.8 Å². The fourth-order valence-electron chi connectivity index (χ4n) is 4.19. The van der Waals surface area contributed by atoms with Crippen LogP contribution in [0, 0.1) is 0 Å². The highest BCUT2D eigenvalue weighted by atomic mass is 16.5. The number of fused-ring (bicyclic) bond motifs is 1. The molecule has 0 aliphatic carbocycles. The monoisotopic (exact) mass is 484 g/mol. The second kappa shape index (κ2) is 10.0. The molecule has 0 radical (unpaired) electrons. The zero-order valence-electron chi connectivity index (χ0n) is 19.6. The molecule has 1 aliphatic heterocycles. The van der Waals surface area contributed by atoms with Crippen LogP contribution in [-0.4, -0.2) is 65.1 Å². The Balaban J connectivity index is 1.61. The van der Waals surface area contributed by atoms with E-state index in [0.717, 1.165) is 4.57 Å². The van der Waals surface area contributed by atoms with Crippen LogP contribution < -0.4 is 10.3 Å². The number of benzene rings is 2. The van der Waals surface area contributed by atoms with E-state index in [4.69, 9.17) is 9.47 Å². The first-order chi connectivity index (χ1) is 17.6. The van der Waals surface area contributed by atoms with Crippen LogP contribution in [-0.2, 0) is 4.74 Å². The number of ether oxygens (including phenoxy) is 2. The van der Waals surface area contributed by atoms with E-state index in [2.05, 4.69) is 9.98 Å². The number of aromatic nitrogens is 2. The summed E-state index contributed by atoms with van der Waals surface area (Å²) < 4.78 is 11.9. The molecule has 0 unspecified atom stereocenters. The molecule has 9 nitrogen and oxygen atoms in total. The summed E-state index contributed by atoms with van der Waals surface area (Å²) in [6.07, 6.45) is 3.02. The average molecular weight is 485 g/mol. The number of aliphatic imine (C=N–C) groups is 1. The van der Waals surface area contributed by atoms with Crippen molar-refractivity contribution < 1.29 is 19.4 Å². The van der Waals surface area contributed by atoms with Crippen LogP contribution in [0.3, 0.4) is 0 Å². The van der Waals surface area contributed by atoms with Gasteiger partial charge in [0.25, 0.3) is 11.5 Å². The molecule has 1 fully saturated rings. The number of carbonyl (C=O) groups excluding carboxylic acids is 1. The maximum Gasteiger partial charge on any atom is 0.267 e. The summed E-state index contributed by atoms with van der Waals surface area (Å²) in [6, 6.07) is 17.1. The van der Waals surface area contributed by atoms with Crippen molar-refractivity contribution in [1.29, 1.82) is 0 Å². The van der Waals surface area contributed by atoms with Gasteiger partial charge < -0.3 is 19.5 Å². The molecular formula is C27H24N4O5. The van der Waals surface area contributed by atoms with Gasteiger partial charge in [-0.05, 0) is 36.4 Å². The maximum atomic E-state index is 13.2. The lowest BCUT2D eigenvalue weighted by molar-refractivity contribution is 0.0303. The standard InChI is InChI=1S/C27H24N4O5/c1-35-23-10-9-18(25(32)30-12-14-36-15-13-30)16-22(23)29-17-21-19-6-2-3-7-20(19)26(33)31(27(21)34)24-8-4-5-11-28-24/h2-11,16-17,34H,12-15H2,1H3. The first-order valence-electron chi connectivity index (χ1n) is 11.5. The lowest BCUT2D eigenvalue weighted by atomic mass is 10.1. The van der Waals surface area contributed by atoms with Gasteiger partial charge in [-0.15, -0.1) is 0 Å². The first kappa shape index (κ1) is 23.3. The summed E-state index contributed by atoms with van der Waals surface area (Å²) >= 11 is 0.